The van der Waals surface area contributed by atoms with Crippen LogP contribution in [0.5, 0.6) is 0 Å². The summed E-state index contributed by atoms with van der Waals surface area (Å²) in [5.74, 6) is -2.32. The van der Waals surface area contributed by atoms with Gasteiger partial charge in [-0.1, -0.05) is 5.92 Å². The van der Waals surface area contributed by atoms with Crippen molar-refractivity contribution < 1.29 is 57.1 Å². The molecule has 4 rings (SSSR count). The van der Waals surface area contributed by atoms with Gasteiger partial charge in [-0.3, -0.25) is 18.4 Å². The Morgan fingerprint density at radius 1 is 1.29 bits per heavy atom. The number of hydrogen-bond donors (Lipinski definition) is 7. The van der Waals surface area contributed by atoms with Crippen molar-refractivity contribution in [3.05, 3.63) is 12.5 Å². The van der Waals surface area contributed by atoms with Gasteiger partial charge in [0.2, 0.25) is 11.7 Å². The number of rotatable bonds is 8. The molecule has 1 aliphatic heterocycles. The Balaban J connectivity index is 1.47. The van der Waals surface area contributed by atoms with E-state index >= 15 is 0 Å². The molecule has 9 N–H and O–H groups in total. The molecule has 18 nitrogen and oxygen atoms in total. The summed E-state index contributed by atoms with van der Waals surface area (Å²) in [5, 5.41) is 28.8. The molecule has 0 bridgehead atoms. The highest BCUT2D eigenvalue weighted by molar-refractivity contribution is 7.61. The molecule has 5 unspecified atom stereocenters. The van der Waals surface area contributed by atoms with E-state index in [9.17, 15) is 28.8 Å². The number of nitrogens with zero attached hydrogens (tertiary/aromatic N) is 4. The number of carbonyl (C=O) groups excluding carboxylic acids is 1. The average Bonchev–Trinajstić information content (AvgIpc) is 3.07. The molecule has 0 aromatic carbocycles. The first-order valence-corrected chi connectivity index (χ1v) is 12.3. The highest BCUT2D eigenvalue weighted by Crippen LogP contribution is 2.62. The van der Waals surface area contributed by atoms with Crippen LogP contribution in [0.1, 0.15) is 6.23 Å². The number of imidazole rings is 1. The third-order valence-electron chi connectivity index (χ3n) is 5.12. The van der Waals surface area contributed by atoms with Gasteiger partial charge >= 0.3 is 15.6 Å². The van der Waals surface area contributed by atoms with Crippen LogP contribution in [0.25, 0.3) is 11.2 Å². The molecule has 2 aromatic heterocycles. The van der Waals surface area contributed by atoms with Crippen molar-refractivity contribution in [3.8, 4) is 12.3 Å². The Labute approximate surface area is 194 Å². The first-order valence-electron chi connectivity index (χ1n) is 9.35. The highest BCUT2D eigenvalue weighted by atomic mass is 31.3. The fourth-order valence-electron chi connectivity index (χ4n) is 3.25. The Morgan fingerprint density at radius 3 is 2.54 bits per heavy atom. The summed E-state index contributed by atoms with van der Waals surface area (Å²) in [6.07, 6.45) is 1.37. The van der Waals surface area contributed by atoms with E-state index in [-0.39, 0.29) is 17.1 Å². The fraction of sp³-hybridized carbons (Fsp3) is 0.467. The smallest absolute Gasteiger partial charge is 0.387 e. The van der Waals surface area contributed by atoms with Crippen molar-refractivity contribution in [1.29, 1.82) is 0 Å². The third kappa shape index (κ3) is 4.61. The van der Waals surface area contributed by atoms with Crippen molar-refractivity contribution in [2.24, 2.45) is 5.73 Å². The maximum atomic E-state index is 12.1. The van der Waals surface area contributed by atoms with Gasteiger partial charge in [-0.15, -0.1) is 6.42 Å². The maximum Gasteiger partial charge on any atom is 0.482 e. The van der Waals surface area contributed by atoms with Crippen LogP contribution in [-0.4, -0.2) is 86.7 Å². The molecular formula is C15H18N6O12P2. The lowest BCUT2D eigenvalue weighted by atomic mass is 9.92. The van der Waals surface area contributed by atoms with Crippen molar-refractivity contribution >= 4 is 38.5 Å². The summed E-state index contributed by atoms with van der Waals surface area (Å²) in [6, 6.07) is 0. The van der Waals surface area contributed by atoms with Crippen molar-refractivity contribution in [3.63, 3.8) is 0 Å². The number of aliphatic hydroxyl groups excluding tert-OH is 1. The van der Waals surface area contributed by atoms with Crippen LogP contribution < -0.4 is 11.5 Å². The molecule has 2 aliphatic rings. The van der Waals surface area contributed by atoms with E-state index in [1.54, 1.807) is 0 Å². The number of fused-ring (bicyclic) bond motifs is 1. The number of nitrogens with two attached hydrogens (primary N) is 2. The molecule has 35 heavy (non-hydrogen) atoms. The molecule has 0 amide bonds. The molecule has 2 fully saturated rings. The molecule has 190 valence electrons. The Bertz CT molecular complexity index is 1330. The van der Waals surface area contributed by atoms with Gasteiger partial charge in [0.1, 0.15) is 17.7 Å². The number of anilines is 1. The van der Waals surface area contributed by atoms with E-state index in [0.717, 1.165) is 0 Å². The normalized spacial score (nSPS) is 33.2. The lowest BCUT2D eigenvalue weighted by Crippen LogP contribution is -2.53. The summed E-state index contributed by atoms with van der Waals surface area (Å²) in [5.41, 5.74) is 10.2. The van der Waals surface area contributed by atoms with Gasteiger partial charge < -0.3 is 41.3 Å². The second-order valence-electron chi connectivity index (χ2n) is 7.53. The van der Waals surface area contributed by atoms with Gasteiger partial charge in [-0.25, -0.2) is 19.1 Å². The summed E-state index contributed by atoms with van der Waals surface area (Å²) in [6.45, 7) is -0.942. The highest BCUT2D eigenvalue weighted by Gasteiger charge is 2.68. The molecule has 1 saturated heterocycles. The van der Waals surface area contributed by atoms with Crippen LogP contribution in [0.15, 0.2) is 12.5 Å². The zero-order chi connectivity index (χ0) is 26.0. The van der Waals surface area contributed by atoms with Gasteiger partial charge in [0.25, 0.3) is 5.79 Å². The molecule has 20 heteroatoms. The van der Waals surface area contributed by atoms with Crippen molar-refractivity contribution in [1.82, 2.24) is 19.5 Å². The van der Waals surface area contributed by atoms with Crippen LogP contribution >= 0.6 is 15.6 Å². The second-order valence-corrected chi connectivity index (χ2v) is 10.5. The number of carbonyl (C=O) groups is 1. The zero-order valence-corrected chi connectivity index (χ0v) is 19.0. The minimum Gasteiger partial charge on any atom is -0.387 e. The number of hydrogen-bond acceptors (Lipinski definition) is 15. The molecule has 0 spiro atoms. The third-order valence-corrected chi connectivity index (χ3v) is 7.72. The maximum absolute atomic E-state index is 12.1. The number of phosphoric acid groups is 2. The number of nitrogen functional groups attached to an aromatic ring is 1. The van der Waals surface area contributed by atoms with E-state index in [0.29, 0.717) is 0 Å². The van der Waals surface area contributed by atoms with Crippen LogP contribution in [0.3, 0.4) is 0 Å². The molecule has 1 saturated carbocycles. The standard InChI is InChI=1S/C15H18N6O12P2/c1-2-14(17)8(22)7(31-12(14)21-5-19-6-3-18-13(16)20-11(6)21)4-30-34(26,27)33-35(28,29)32-10-9(23)15(10,24)25/h1,3,5,7-8,10,12,22,24-25H,4,17H2,(H,26,27)(H,28,29)(H2,16,18,20)/t7-,8?,10?,12-,14?/m1/s1. The van der Waals surface area contributed by atoms with E-state index in [2.05, 4.69) is 34.2 Å². The number of aromatic nitrogens is 4. The minimum atomic E-state index is -5.49. The Morgan fingerprint density at radius 2 is 1.94 bits per heavy atom. The largest absolute Gasteiger partial charge is 0.482 e. The first-order chi connectivity index (χ1) is 16.1. The molecular weight excluding hydrogens is 518 g/mol. The van der Waals surface area contributed by atoms with E-state index in [1.165, 1.54) is 17.1 Å². The van der Waals surface area contributed by atoms with Crippen molar-refractivity contribution in [2.75, 3.05) is 12.3 Å². The van der Waals surface area contributed by atoms with Crippen LogP contribution in [0, 0.1) is 12.3 Å². The Kier molecular flexibility index (Phi) is 6.14. The second kappa shape index (κ2) is 8.35. The number of Topliss-reactive ketones (excluding diaryl/α,β-unsaturated/α-hetero) is 1. The number of ketones is 1. The molecule has 1 aliphatic carbocycles. The van der Waals surface area contributed by atoms with Gasteiger partial charge in [-0.2, -0.15) is 9.29 Å². The van der Waals surface area contributed by atoms with Crippen LogP contribution in [-0.2, 0) is 32.0 Å². The fourth-order valence-corrected chi connectivity index (χ4v) is 5.48. The summed E-state index contributed by atoms with van der Waals surface area (Å²) >= 11 is 0. The number of ether oxygens (including phenoxy) is 1. The molecule has 7 atom stereocenters. The van der Waals surface area contributed by atoms with Crippen LogP contribution in [0.2, 0.25) is 0 Å². The lowest BCUT2D eigenvalue weighted by Gasteiger charge is -2.27. The minimum absolute atomic E-state index is 0.109. The quantitative estimate of drug-likeness (QED) is 0.0997. The van der Waals surface area contributed by atoms with Crippen LogP contribution in [0.4, 0.5) is 5.95 Å². The average molecular weight is 536 g/mol. The molecule has 2 aromatic rings. The Hall–Kier alpha value is -2.36. The lowest BCUT2D eigenvalue weighted by molar-refractivity contribution is -0.135. The topological polar surface area (TPSA) is 285 Å². The number of phosphoric ester groups is 2. The molecule has 3 heterocycles. The van der Waals surface area contributed by atoms with Gasteiger partial charge in [0, 0.05) is 0 Å². The number of aliphatic hydroxyl groups is 3. The van der Waals surface area contributed by atoms with E-state index in [1.807, 2.05) is 0 Å². The van der Waals surface area contributed by atoms with Crippen molar-refractivity contribution in [2.45, 2.75) is 35.9 Å². The van der Waals surface area contributed by atoms with E-state index in [4.69, 9.17) is 32.8 Å². The monoisotopic (exact) mass is 536 g/mol. The SMILES string of the molecule is C#CC1(N)C(O)[C@@H](COP(=O)(O)OP(=O)(O)OC2C(=O)C2(O)O)O[C@H]1n1cnc2cnc(N)nc21. The van der Waals surface area contributed by atoms with E-state index < -0.39 is 63.9 Å². The van der Waals surface area contributed by atoms with Gasteiger partial charge in [0.05, 0.1) is 19.1 Å². The van der Waals surface area contributed by atoms with Gasteiger partial charge in [0.15, 0.2) is 23.5 Å². The molecule has 0 radical (unpaired) electrons. The predicted molar refractivity (Wildman–Crippen MR) is 109 cm³/mol. The predicted octanol–water partition coefficient (Wildman–Crippen LogP) is -3.12. The number of terminal acetylenes is 1. The summed E-state index contributed by atoms with van der Waals surface area (Å²) in [7, 11) is -10.9. The van der Waals surface area contributed by atoms with Gasteiger partial charge in [-0.05, 0) is 0 Å². The summed E-state index contributed by atoms with van der Waals surface area (Å²) in [4.78, 5) is 42.2. The first kappa shape index (κ1) is 25.7. The zero-order valence-electron chi connectivity index (χ0n) is 17.2. The summed E-state index contributed by atoms with van der Waals surface area (Å²) < 4.78 is 43.6.